The zero-order valence-electron chi connectivity index (χ0n) is 10.2. The first-order valence-corrected chi connectivity index (χ1v) is 5.99. The third kappa shape index (κ3) is 2.18. The maximum atomic E-state index is 13.1. The minimum Gasteiger partial charge on any atom is -0.421 e. The molecule has 20 heavy (non-hydrogen) atoms. The van der Waals surface area contributed by atoms with Crippen molar-refractivity contribution in [2.45, 2.75) is 18.3 Å². The van der Waals surface area contributed by atoms with Crippen molar-refractivity contribution in [3.8, 4) is 11.5 Å². The van der Waals surface area contributed by atoms with E-state index in [1.165, 1.54) is 18.2 Å². The van der Waals surface area contributed by atoms with Gasteiger partial charge in [-0.3, -0.25) is 0 Å². The standard InChI is InChI=1S/C12H11F4NO3/c13-11(14)12(15,16)20-9-5-7(1-2-8(9)19-11)10-6-17-3-4-18-10/h1-2,5,10,17H,3-4,6H2. The molecule has 2 heterocycles. The Morgan fingerprint density at radius 2 is 1.75 bits per heavy atom. The first-order valence-electron chi connectivity index (χ1n) is 5.99. The number of hydrogen-bond acceptors (Lipinski definition) is 4. The van der Waals surface area contributed by atoms with Crippen LogP contribution < -0.4 is 14.8 Å². The highest BCUT2D eigenvalue weighted by molar-refractivity contribution is 5.45. The molecular weight excluding hydrogens is 282 g/mol. The van der Waals surface area contributed by atoms with E-state index in [2.05, 4.69) is 14.8 Å². The van der Waals surface area contributed by atoms with Crippen LogP contribution in [0.4, 0.5) is 17.6 Å². The number of benzene rings is 1. The van der Waals surface area contributed by atoms with Crippen LogP contribution >= 0.6 is 0 Å². The van der Waals surface area contributed by atoms with Crippen LogP contribution in [-0.4, -0.2) is 31.9 Å². The zero-order chi connectivity index (χ0) is 14.4. The van der Waals surface area contributed by atoms with Crippen molar-refractivity contribution >= 4 is 0 Å². The van der Waals surface area contributed by atoms with Crippen molar-refractivity contribution in [2.24, 2.45) is 0 Å². The lowest BCUT2D eigenvalue weighted by Crippen LogP contribution is -2.52. The molecule has 1 unspecified atom stereocenters. The van der Waals surface area contributed by atoms with Gasteiger partial charge in [-0.15, -0.1) is 0 Å². The van der Waals surface area contributed by atoms with Crippen LogP contribution in [0.2, 0.25) is 0 Å². The minimum absolute atomic E-state index is 0.339. The van der Waals surface area contributed by atoms with E-state index in [4.69, 9.17) is 4.74 Å². The number of halogens is 4. The predicted molar refractivity (Wildman–Crippen MR) is 59.2 cm³/mol. The molecule has 110 valence electrons. The molecule has 1 atom stereocenters. The summed E-state index contributed by atoms with van der Waals surface area (Å²) in [5.74, 6) is -0.846. The van der Waals surface area contributed by atoms with Crippen molar-refractivity contribution in [3.05, 3.63) is 23.8 Å². The highest BCUT2D eigenvalue weighted by Gasteiger charge is 2.65. The van der Waals surface area contributed by atoms with E-state index in [-0.39, 0.29) is 6.10 Å². The molecule has 3 rings (SSSR count). The minimum atomic E-state index is -4.70. The van der Waals surface area contributed by atoms with Crippen LogP contribution in [-0.2, 0) is 4.74 Å². The number of nitrogens with one attached hydrogen (secondary N) is 1. The molecule has 1 aromatic carbocycles. The van der Waals surface area contributed by atoms with Gasteiger partial charge < -0.3 is 19.5 Å². The van der Waals surface area contributed by atoms with Gasteiger partial charge in [-0.05, 0) is 17.7 Å². The largest absolute Gasteiger partial charge is 0.507 e. The quantitative estimate of drug-likeness (QED) is 0.807. The summed E-state index contributed by atoms with van der Waals surface area (Å²) in [4.78, 5) is 0. The maximum absolute atomic E-state index is 13.1. The highest BCUT2D eigenvalue weighted by atomic mass is 19.3. The van der Waals surface area contributed by atoms with E-state index in [0.29, 0.717) is 25.3 Å². The molecule has 0 spiro atoms. The van der Waals surface area contributed by atoms with Gasteiger partial charge in [-0.25, -0.2) is 0 Å². The molecule has 8 heteroatoms. The molecule has 1 fully saturated rings. The Balaban J connectivity index is 1.90. The fourth-order valence-electron chi connectivity index (χ4n) is 2.06. The first-order chi connectivity index (χ1) is 9.39. The molecule has 4 nitrogen and oxygen atoms in total. The number of ether oxygens (including phenoxy) is 3. The Morgan fingerprint density at radius 3 is 2.40 bits per heavy atom. The van der Waals surface area contributed by atoms with Crippen LogP contribution in [0.5, 0.6) is 11.5 Å². The highest BCUT2D eigenvalue weighted by Crippen LogP contribution is 2.47. The Hall–Kier alpha value is -1.54. The fourth-order valence-corrected chi connectivity index (χ4v) is 2.06. The lowest BCUT2D eigenvalue weighted by atomic mass is 10.1. The van der Waals surface area contributed by atoms with Gasteiger partial charge in [0.1, 0.15) is 0 Å². The van der Waals surface area contributed by atoms with Gasteiger partial charge in [0, 0.05) is 13.1 Å². The van der Waals surface area contributed by atoms with Crippen LogP contribution in [0.1, 0.15) is 11.7 Å². The van der Waals surface area contributed by atoms with Gasteiger partial charge >= 0.3 is 12.2 Å². The van der Waals surface area contributed by atoms with E-state index < -0.39 is 23.7 Å². The predicted octanol–water partition coefficient (Wildman–Crippen LogP) is 2.30. The summed E-state index contributed by atoms with van der Waals surface area (Å²) >= 11 is 0. The van der Waals surface area contributed by atoms with Crippen LogP contribution in [0.25, 0.3) is 0 Å². The Morgan fingerprint density at radius 1 is 1.05 bits per heavy atom. The van der Waals surface area contributed by atoms with Gasteiger partial charge in [0.25, 0.3) is 0 Å². The molecule has 0 bridgehead atoms. The van der Waals surface area contributed by atoms with Crippen molar-refractivity contribution in [1.82, 2.24) is 5.32 Å². The third-order valence-corrected chi connectivity index (χ3v) is 3.08. The molecule has 2 aliphatic rings. The number of alkyl halides is 4. The third-order valence-electron chi connectivity index (χ3n) is 3.08. The monoisotopic (exact) mass is 293 g/mol. The Labute approximate surface area is 111 Å². The molecule has 0 aromatic heterocycles. The number of morpholine rings is 1. The average molecular weight is 293 g/mol. The number of fused-ring (bicyclic) bond motifs is 1. The van der Waals surface area contributed by atoms with Crippen LogP contribution in [0, 0.1) is 0 Å². The fraction of sp³-hybridized carbons (Fsp3) is 0.500. The Kier molecular flexibility index (Phi) is 3.02. The summed E-state index contributed by atoms with van der Waals surface area (Å²) in [5.41, 5.74) is 0.556. The van der Waals surface area contributed by atoms with E-state index in [1.54, 1.807) is 0 Å². The molecule has 1 aromatic rings. The lowest BCUT2D eigenvalue weighted by Gasteiger charge is -2.32. The summed E-state index contributed by atoms with van der Waals surface area (Å²) in [7, 11) is 0. The maximum Gasteiger partial charge on any atom is 0.507 e. The van der Waals surface area contributed by atoms with Gasteiger partial charge in [-0.1, -0.05) is 6.07 Å². The van der Waals surface area contributed by atoms with Crippen molar-refractivity contribution in [1.29, 1.82) is 0 Å². The van der Waals surface area contributed by atoms with Gasteiger partial charge in [-0.2, -0.15) is 17.6 Å². The van der Waals surface area contributed by atoms with Crippen molar-refractivity contribution in [3.63, 3.8) is 0 Å². The van der Waals surface area contributed by atoms with Gasteiger partial charge in [0.15, 0.2) is 11.5 Å². The average Bonchev–Trinajstić information content (AvgIpc) is 2.40. The van der Waals surface area contributed by atoms with Crippen LogP contribution in [0.3, 0.4) is 0 Å². The molecule has 0 radical (unpaired) electrons. The normalized spacial score (nSPS) is 27.1. The first kappa shape index (κ1) is 13.4. The van der Waals surface area contributed by atoms with Crippen molar-refractivity contribution < 1.29 is 31.8 Å². The summed E-state index contributed by atoms with van der Waals surface area (Å²) in [6.07, 6.45) is -9.73. The van der Waals surface area contributed by atoms with E-state index in [9.17, 15) is 17.6 Å². The molecule has 0 saturated carbocycles. The lowest BCUT2D eigenvalue weighted by molar-refractivity contribution is -0.391. The second-order valence-electron chi connectivity index (χ2n) is 4.51. The van der Waals surface area contributed by atoms with Gasteiger partial charge in [0.05, 0.1) is 12.7 Å². The number of hydrogen-bond donors (Lipinski definition) is 1. The molecular formula is C12H11F4NO3. The second kappa shape index (κ2) is 4.49. The van der Waals surface area contributed by atoms with E-state index >= 15 is 0 Å². The smallest absolute Gasteiger partial charge is 0.421 e. The van der Waals surface area contributed by atoms with E-state index in [1.807, 2.05) is 0 Å². The summed E-state index contributed by atoms with van der Waals surface area (Å²) in [6.45, 7) is 1.69. The SMILES string of the molecule is FC1(F)Oc2ccc(C3CNCCO3)cc2OC1(F)F. The molecule has 0 amide bonds. The zero-order valence-corrected chi connectivity index (χ0v) is 10.2. The van der Waals surface area contributed by atoms with E-state index in [0.717, 1.165) is 0 Å². The van der Waals surface area contributed by atoms with Crippen LogP contribution in [0.15, 0.2) is 18.2 Å². The molecule has 2 aliphatic heterocycles. The molecule has 0 aliphatic carbocycles. The number of rotatable bonds is 1. The molecule has 1 saturated heterocycles. The second-order valence-corrected chi connectivity index (χ2v) is 4.51. The van der Waals surface area contributed by atoms with Crippen molar-refractivity contribution in [2.75, 3.05) is 19.7 Å². The molecule has 1 N–H and O–H groups in total. The Bertz CT molecular complexity index is 517. The van der Waals surface area contributed by atoms with Gasteiger partial charge in [0.2, 0.25) is 0 Å². The topological polar surface area (TPSA) is 39.7 Å². The summed E-state index contributed by atoms with van der Waals surface area (Å²) in [6, 6.07) is 3.89. The summed E-state index contributed by atoms with van der Waals surface area (Å²) in [5, 5.41) is 3.08. The summed E-state index contributed by atoms with van der Waals surface area (Å²) < 4.78 is 65.7.